The number of nitrogens with one attached hydrogen (secondary N) is 1. The van der Waals surface area contributed by atoms with Crippen molar-refractivity contribution >= 4 is 5.91 Å². The smallest absolute Gasteiger partial charge is 0.241 e. The van der Waals surface area contributed by atoms with Gasteiger partial charge in [-0.1, -0.05) is 27.7 Å². The van der Waals surface area contributed by atoms with Crippen LogP contribution in [0.3, 0.4) is 0 Å². The number of carbonyl (C=O) groups excluding carboxylic acids is 1. The van der Waals surface area contributed by atoms with Gasteiger partial charge in [0.15, 0.2) is 0 Å². The maximum absolute atomic E-state index is 12.5. The van der Waals surface area contributed by atoms with E-state index >= 15 is 0 Å². The molecule has 2 aliphatic rings. The van der Waals surface area contributed by atoms with Gasteiger partial charge in [0.2, 0.25) is 5.91 Å². The van der Waals surface area contributed by atoms with Gasteiger partial charge in [-0.2, -0.15) is 0 Å². The van der Waals surface area contributed by atoms with E-state index in [-0.39, 0.29) is 12.2 Å². The van der Waals surface area contributed by atoms with Crippen molar-refractivity contribution < 1.29 is 4.79 Å². The van der Waals surface area contributed by atoms with Crippen molar-refractivity contribution in [3.63, 3.8) is 0 Å². The Hall–Kier alpha value is -0.610. The number of amides is 1. The molecule has 0 aromatic carbocycles. The Labute approximate surface area is 117 Å². The molecule has 0 aliphatic carbocycles. The van der Waals surface area contributed by atoms with Gasteiger partial charge >= 0.3 is 0 Å². The number of carbonyl (C=O) groups is 1. The van der Waals surface area contributed by atoms with Gasteiger partial charge in [0.05, 0.1) is 12.2 Å². The molecule has 0 spiro atoms. The average molecular weight is 267 g/mol. The van der Waals surface area contributed by atoms with Crippen LogP contribution < -0.4 is 5.32 Å². The Morgan fingerprint density at radius 1 is 1.37 bits per heavy atom. The highest BCUT2D eigenvalue weighted by Gasteiger charge is 2.41. The van der Waals surface area contributed by atoms with Crippen LogP contribution >= 0.6 is 0 Å². The van der Waals surface area contributed by atoms with Gasteiger partial charge in [0.1, 0.15) is 0 Å². The third-order valence-electron chi connectivity index (χ3n) is 4.64. The number of likely N-dealkylation sites (N-methyl/N-ethyl adjacent to an activating group) is 1. The zero-order valence-corrected chi connectivity index (χ0v) is 12.9. The van der Waals surface area contributed by atoms with E-state index in [0.717, 1.165) is 19.5 Å². The zero-order valence-electron chi connectivity index (χ0n) is 12.9. The molecule has 2 fully saturated rings. The predicted molar refractivity (Wildman–Crippen MR) is 77.8 cm³/mol. The van der Waals surface area contributed by atoms with E-state index in [2.05, 4.69) is 42.8 Å². The number of likely N-dealkylation sites (tertiary alicyclic amines) is 1. The lowest BCUT2D eigenvalue weighted by Gasteiger charge is -2.32. The summed E-state index contributed by atoms with van der Waals surface area (Å²) < 4.78 is 0. The van der Waals surface area contributed by atoms with E-state index < -0.39 is 0 Å². The van der Waals surface area contributed by atoms with Crippen LogP contribution in [0.15, 0.2) is 0 Å². The van der Waals surface area contributed by atoms with Gasteiger partial charge in [-0.15, -0.1) is 0 Å². The van der Waals surface area contributed by atoms with E-state index in [9.17, 15) is 4.79 Å². The molecule has 2 rings (SSSR count). The second-order valence-electron chi connectivity index (χ2n) is 6.23. The normalized spacial score (nSPS) is 32.8. The number of hydrogen-bond donors (Lipinski definition) is 1. The molecule has 110 valence electrons. The lowest BCUT2D eigenvalue weighted by Crippen LogP contribution is -2.47. The van der Waals surface area contributed by atoms with Crippen LogP contribution in [-0.4, -0.2) is 53.6 Å². The van der Waals surface area contributed by atoms with Crippen LogP contribution in [0, 0.1) is 5.92 Å². The topological polar surface area (TPSA) is 35.6 Å². The van der Waals surface area contributed by atoms with Gasteiger partial charge in [0.25, 0.3) is 0 Å². The Bertz CT molecular complexity index is 319. The first-order chi connectivity index (χ1) is 9.08. The lowest BCUT2D eigenvalue weighted by molar-refractivity contribution is -0.131. The molecule has 1 N–H and O–H groups in total. The van der Waals surface area contributed by atoms with Crippen molar-refractivity contribution in [2.45, 2.75) is 65.2 Å². The standard InChI is InChI=1S/C15H29N3O/c1-5-13-15(19)18(14(16-13)11(3)4)10-12-8-7-9-17(12)6-2/h11-14,16H,5-10H2,1-4H3. The van der Waals surface area contributed by atoms with Crippen molar-refractivity contribution in [2.24, 2.45) is 5.92 Å². The molecule has 4 heteroatoms. The minimum Gasteiger partial charge on any atom is -0.324 e. The largest absolute Gasteiger partial charge is 0.324 e. The molecule has 0 aromatic rings. The minimum absolute atomic E-state index is 0.0314. The predicted octanol–water partition coefficient (Wildman–Crippen LogP) is 1.66. The molecule has 4 nitrogen and oxygen atoms in total. The van der Waals surface area contributed by atoms with Gasteiger partial charge in [0, 0.05) is 12.6 Å². The Morgan fingerprint density at radius 2 is 2.11 bits per heavy atom. The van der Waals surface area contributed by atoms with Gasteiger partial charge in [-0.05, 0) is 38.3 Å². The van der Waals surface area contributed by atoms with Gasteiger partial charge in [-0.25, -0.2) is 0 Å². The van der Waals surface area contributed by atoms with Crippen LogP contribution in [0.4, 0.5) is 0 Å². The quantitative estimate of drug-likeness (QED) is 0.823. The van der Waals surface area contributed by atoms with Crippen molar-refractivity contribution in [1.82, 2.24) is 15.1 Å². The van der Waals surface area contributed by atoms with Crippen LogP contribution in [0.2, 0.25) is 0 Å². The SMILES string of the molecule is CCC1NC(C(C)C)N(CC2CCCN2CC)C1=O. The fourth-order valence-corrected chi connectivity index (χ4v) is 3.50. The monoisotopic (exact) mass is 267 g/mol. The van der Waals surface area contributed by atoms with Crippen molar-refractivity contribution in [2.75, 3.05) is 19.6 Å². The second kappa shape index (κ2) is 6.23. The van der Waals surface area contributed by atoms with Crippen LogP contribution in [0.5, 0.6) is 0 Å². The summed E-state index contributed by atoms with van der Waals surface area (Å²) in [5.41, 5.74) is 0. The Balaban J connectivity index is 2.05. The molecule has 0 saturated carbocycles. The van der Waals surface area contributed by atoms with E-state index in [1.54, 1.807) is 0 Å². The average Bonchev–Trinajstić information content (AvgIpc) is 2.95. The van der Waals surface area contributed by atoms with E-state index in [1.807, 2.05) is 0 Å². The summed E-state index contributed by atoms with van der Waals surface area (Å²) in [5.74, 6) is 0.779. The third-order valence-corrected chi connectivity index (χ3v) is 4.64. The van der Waals surface area contributed by atoms with E-state index in [0.29, 0.717) is 17.9 Å². The first-order valence-electron chi connectivity index (χ1n) is 7.89. The van der Waals surface area contributed by atoms with Gasteiger partial charge in [-0.3, -0.25) is 15.0 Å². The van der Waals surface area contributed by atoms with Crippen LogP contribution in [-0.2, 0) is 4.79 Å². The fraction of sp³-hybridized carbons (Fsp3) is 0.933. The van der Waals surface area contributed by atoms with Crippen molar-refractivity contribution in [1.29, 1.82) is 0 Å². The molecular weight excluding hydrogens is 238 g/mol. The summed E-state index contributed by atoms with van der Waals surface area (Å²) in [6, 6.07) is 0.594. The summed E-state index contributed by atoms with van der Waals surface area (Å²) in [4.78, 5) is 17.1. The first-order valence-corrected chi connectivity index (χ1v) is 7.89. The molecule has 19 heavy (non-hydrogen) atoms. The maximum atomic E-state index is 12.5. The molecule has 0 bridgehead atoms. The number of rotatable bonds is 5. The molecule has 0 aromatic heterocycles. The summed E-state index contributed by atoms with van der Waals surface area (Å²) in [6.45, 7) is 11.9. The minimum atomic E-state index is 0.0314. The summed E-state index contributed by atoms with van der Waals surface area (Å²) in [6.07, 6.45) is 3.62. The molecular formula is C15H29N3O. The molecule has 3 atom stereocenters. The lowest BCUT2D eigenvalue weighted by atomic mass is 10.1. The number of nitrogens with zero attached hydrogens (tertiary/aromatic N) is 2. The Kier molecular flexibility index (Phi) is 4.85. The first kappa shape index (κ1) is 14.8. The highest BCUT2D eigenvalue weighted by Crippen LogP contribution is 2.24. The maximum Gasteiger partial charge on any atom is 0.241 e. The molecule has 3 unspecified atom stereocenters. The van der Waals surface area contributed by atoms with Crippen LogP contribution in [0.1, 0.15) is 47.0 Å². The Morgan fingerprint density at radius 3 is 2.68 bits per heavy atom. The van der Waals surface area contributed by atoms with Crippen molar-refractivity contribution in [3.05, 3.63) is 0 Å². The second-order valence-corrected chi connectivity index (χ2v) is 6.23. The third kappa shape index (κ3) is 2.95. The van der Waals surface area contributed by atoms with Crippen LogP contribution in [0.25, 0.3) is 0 Å². The molecule has 0 radical (unpaired) electrons. The highest BCUT2D eigenvalue weighted by molar-refractivity contribution is 5.84. The van der Waals surface area contributed by atoms with E-state index in [4.69, 9.17) is 0 Å². The summed E-state index contributed by atoms with van der Waals surface area (Å²) in [7, 11) is 0. The molecule has 2 aliphatic heterocycles. The van der Waals surface area contributed by atoms with E-state index in [1.165, 1.54) is 19.4 Å². The highest BCUT2D eigenvalue weighted by atomic mass is 16.2. The molecule has 1 amide bonds. The zero-order chi connectivity index (χ0) is 14.0. The fourth-order valence-electron chi connectivity index (χ4n) is 3.50. The van der Waals surface area contributed by atoms with Gasteiger partial charge < -0.3 is 4.90 Å². The summed E-state index contributed by atoms with van der Waals surface area (Å²) in [5, 5.41) is 3.50. The molecule has 2 saturated heterocycles. The molecule has 2 heterocycles. The summed E-state index contributed by atoms with van der Waals surface area (Å²) >= 11 is 0. The van der Waals surface area contributed by atoms with Crippen molar-refractivity contribution in [3.8, 4) is 0 Å². The number of hydrogen-bond acceptors (Lipinski definition) is 3.